The van der Waals surface area contributed by atoms with Gasteiger partial charge in [-0.2, -0.15) is 0 Å². The second kappa shape index (κ2) is 6.12. The fraction of sp³-hybridized carbons (Fsp3) is 0.625. The first kappa shape index (κ1) is 13.3. The molecule has 2 nitrogen and oxygen atoms in total. The molecule has 0 spiro atoms. The van der Waals surface area contributed by atoms with Gasteiger partial charge >= 0.3 is 0 Å². The maximum absolute atomic E-state index is 3.74. The molecule has 1 aliphatic carbocycles. The van der Waals surface area contributed by atoms with E-state index in [1.807, 2.05) is 0 Å². The van der Waals surface area contributed by atoms with Gasteiger partial charge in [-0.1, -0.05) is 25.7 Å². The smallest absolute Gasteiger partial charge is 0.0373 e. The lowest BCUT2D eigenvalue weighted by atomic mass is 10.1. The summed E-state index contributed by atoms with van der Waals surface area (Å²) in [4.78, 5) is 2.16. The van der Waals surface area contributed by atoms with Gasteiger partial charge in [-0.25, -0.2) is 0 Å². The molecule has 1 N–H and O–H groups in total. The van der Waals surface area contributed by atoms with Gasteiger partial charge in [0.15, 0.2) is 0 Å². The molecule has 0 amide bonds. The zero-order valence-electron chi connectivity index (χ0n) is 12.0. The van der Waals surface area contributed by atoms with E-state index in [0.29, 0.717) is 6.04 Å². The highest BCUT2D eigenvalue weighted by molar-refractivity contribution is 5.60. The van der Waals surface area contributed by atoms with Crippen molar-refractivity contribution in [1.82, 2.24) is 0 Å². The molecule has 1 aliphatic rings. The predicted octanol–water partition coefficient (Wildman–Crippen LogP) is 4.20. The van der Waals surface area contributed by atoms with E-state index >= 15 is 0 Å². The van der Waals surface area contributed by atoms with Crippen LogP contribution in [0.2, 0.25) is 0 Å². The summed E-state index contributed by atoms with van der Waals surface area (Å²) in [5.74, 6) is 0. The van der Waals surface area contributed by atoms with Crippen LogP contribution in [0, 0.1) is 6.92 Å². The van der Waals surface area contributed by atoms with Gasteiger partial charge in [0.1, 0.15) is 0 Å². The quantitative estimate of drug-likeness (QED) is 0.804. The minimum atomic E-state index is 0.677. The topological polar surface area (TPSA) is 15.3 Å². The van der Waals surface area contributed by atoms with E-state index in [1.165, 1.54) is 55.5 Å². The molecule has 0 atom stereocenters. The third-order valence-electron chi connectivity index (χ3n) is 3.94. The van der Waals surface area contributed by atoms with Crippen LogP contribution >= 0.6 is 0 Å². The summed E-state index contributed by atoms with van der Waals surface area (Å²) >= 11 is 0. The zero-order chi connectivity index (χ0) is 13.0. The molecule has 0 unspecified atom stereocenters. The van der Waals surface area contributed by atoms with Crippen molar-refractivity contribution in [3.05, 3.63) is 23.8 Å². The second-order valence-corrected chi connectivity index (χ2v) is 5.73. The van der Waals surface area contributed by atoms with Crippen molar-refractivity contribution in [2.45, 2.75) is 51.5 Å². The standard InChI is InChI=1S/C16H26N2/c1-13-12-15(18(2)3)10-11-16(13)17-14-8-6-4-5-7-9-14/h10-12,14,17H,4-9H2,1-3H3. The summed E-state index contributed by atoms with van der Waals surface area (Å²) in [5, 5.41) is 3.74. The molecule has 0 heterocycles. The largest absolute Gasteiger partial charge is 0.382 e. The lowest BCUT2D eigenvalue weighted by molar-refractivity contribution is 0.619. The van der Waals surface area contributed by atoms with Gasteiger partial charge in [-0.05, 0) is 43.5 Å². The average Bonchev–Trinajstić information content (AvgIpc) is 2.60. The summed E-state index contributed by atoms with van der Waals surface area (Å²) in [6.45, 7) is 2.20. The molecular weight excluding hydrogens is 220 g/mol. The van der Waals surface area contributed by atoms with Crippen LogP contribution in [-0.2, 0) is 0 Å². The molecule has 0 saturated heterocycles. The Hall–Kier alpha value is -1.18. The van der Waals surface area contributed by atoms with Crippen LogP contribution in [-0.4, -0.2) is 20.1 Å². The van der Waals surface area contributed by atoms with Gasteiger partial charge in [-0.15, -0.1) is 0 Å². The van der Waals surface area contributed by atoms with E-state index in [1.54, 1.807) is 0 Å². The number of aryl methyl sites for hydroxylation is 1. The molecule has 1 aromatic rings. The second-order valence-electron chi connectivity index (χ2n) is 5.73. The maximum Gasteiger partial charge on any atom is 0.0373 e. The van der Waals surface area contributed by atoms with E-state index in [9.17, 15) is 0 Å². The number of hydrogen-bond donors (Lipinski definition) is 1. The van der Waals surface area contributed by atoms with E-state index in [2.05, 4.69) is 49.4 Å². The molecule has 0 radical (unpaired) electrons. The third kappa shape index (κ3) is 3.41. The van der Waals surface area contributed by atoms with E-state index < -0.39 is 0 Å². The van der Waals surface area contributed by atoms with Gasteiger partial charge < -0.3 is 10.2 Å². The van der Waals surface area contributed by atoms with Crippen molar-refractivity contribution in [3.8, 4) is 0 Å². The van der Waals surface area contributed by atoms with Crippen LogP contribution in [0.25, 0.3) is 0 Å². The lowest BCUT2D eigenvalue weighted by Crippen LogP contribution is -2.19. The van der Waals surface area contributed by atoms with E-state index in [0.717, 1.165) is 0 Å². The summed E-state index contributed by atoms with van der Waals surface area (Å²) < 4.78 is 0. The van der Waals surface area contributed by atoms with Gasteiger partial charge in [0, 0.05) is 31.5 Å². The normalized spacial score (nSPS) is 17.3. The van der Waals surface area contributed by atoms with Crippen LogP contribution in [0.15, 0.2) is 18.2 Å². The Morgan fingerprint density at radius 3 is 2.28 bits per heavy atom. The van der Waals surface area contributed by atoms with Gasteiger partial charge in [0.25, 0.3) is 0 Å². The maximum atomic E-state index is 3.74. The number of hydrogen-bond acceptors (Lipinski definition) is 2. The fourth-order valence-electron chi connectivity index (χ4n) is 2.73. The Morgan fingerprint density at radius 2 is 1.72 bits per heavy atom. The molecule has 0 aromatic heterocycles. The number of rotatable bonds is 3. The predicted molar refractivity (Wildman–Crippen MR) is 80.6 cm³/mol. The highest BCUT2D eigenvalue weighted by atomic mass is 15.1. The first-order valence-electron chi connectivity index (χ1n) is 7.21. The molecule has 2 heteroatoms. The molecule has 0 aliphatic heterocycles. The van der Waals surface area contributed by atoms with Crippen LogP contribution in [0.1, 0.15) is 44.1 Å². The number of benzene rings is 1. The van der Waals surface area contributed by atoms with Crippen LogP contribution in [0.4, 0.5) is 11.4 Å². The van der Waals surface area contributed by atoms with Crippen molar-refractivity contribution < 1.29 is 0 Å². The Labute approximate surface area is 111 Å². The van der Waals surface area contributed by atoms with Crippen molar-refractivity contribution in [1.29, 1.82) is 0 Å². The lowest BCUT2D eigenvalue weighted by Gasteiger charge is -2.21. The fourth-order valence-corrected chi connectivity index (χ4v) is 2.73. The number of anilines is 2. The van der Waals surface area contributed by atoms with Crippen LogP contribution in [0.3, 0.4) is 0 Å². The van der Waals surface area contributed by atoms with Gasteiger partial charge in [-0.3, -0.25) is 0 Å². The molecule has 1 saturated carbocycles. The monoisotopic (exact) mass is 246 g/mol. The summed E-state index contributed by atoms with van der Waals surface area (Å²) in [5.41, 5.74) is 3.94. The Kier molecular flexibility index (Phi) is 4.51. The molecule has 1 aromatic carbocycles. The van der Waals surface area contributed by atoms with E-state index in [4.69, 9.17) is 0 Å². The zero-order valence-corrected chi connectivity index (χ0v) is 12.0. The minimum absolute atomic E-state index is 0.677. The van der Waals surface area contributed by atoms with Crippen molar-refractivity contribution in [2.24, 2.45) is 0 Å². The first-order valence-corrected chi connectivity index (χ1v) is 7.21. The summed E-state index contributed by atoms with van der Waals surface area (Å²) in [6.07, 6.45) is 8.25. The van der Waals surface area contributed by atoms with Crippen molar-refractivity contribution in [3.63, 3.8) is 0 Å². The van der Waals surface area contributed by atoms with Crippen LogP contribution in [0.5, 0.6) is 0 Å². The average molecular weight is 246 g/mol. The molecule has 0 bridgehead atoms. The summed E-state index contributed by atoms with van der Waals surface area (Å²) in [6, 6.07) is 7.37. The number of nitrogens with zero attached hydrogens (tertiary/aromatic N) is 1. The minimum Gasteiger partial charge on any atom is -0.382 e. The highest BCUT2D eigenvalue weighted by Gasteiger charge is 2.12. The van der Waals surface area contributed by atoms with Crippen molar-refractivity contribution in [2.75, 3.05) is 24.3 Å². The number of nitrogens with one attached hydrogen (secondary N) is 1. The molecular formula is C16H26N2. The molecule has 100 valence electrons. The highest BCUT2D eigenvalue weighted by Crippen LogP contribution is 2.25. The molecule has 18 heavy (non-hydrogen) atoms. The van der Waals surface area contributed by atoms with Gasteiger partial charge in [0.05, 0.1) is 0 Å². The van der Waals surface area contributed by atoms with Gasteiger partial charge in [0.2, 0.25) is 0 Å². The van der Waals surface area contributed by atoms with Crippen molar-refractivity contribution >= 4 is 11.4 Å². The van der Waals surface area contributed by atoms with Crippen LogP contribution < -0.4 is 10.2 Å². The molecule has 2 rings (SSSR count). The SMILES string of the molecule is Cc1cc(N(C)C)ccc1NC1CCCCCC1. The Bertz CT molecular complexity index is 377. The molecule has 1 fully saturated rings. The first-order chi connectivity index (χ1) is 8.66. The summed E-state index contributed by atoms with van der Waals surface area (Å²) in [7, 11) is 4.18. The Balaban J connectivity index is 2.04. The third-order valence-corrected chi connectivity index (χ3v) is 3.94. The Morgan fingerprint density at radius 1 is 1.06 bits per heavy atom. The van der Waals surface area contributed by atoms with E-state index in [-0.39, 0.29) is 0 Å².